The highest BCUT2D eigenvalue weighted by molar-refractivity contribution is 14.1. The number of amides is 4. The van der Waals surface area contributed by atoms with E-state index in [1.54, 1.807) is 42.5 Å². The number of nitrogens with zero attached hydrogens (tertiary/aromatic N) is 1. The number of imide groups is 1. The predicted molar refractivity (Wildman–Crippen MR) is 138 cm³/mol. The van der Waals surface area contributed by atoms with Crippen molar-refractivity contribution in [3.8, 4) is 5.75 Å². The van der Waals surface area contributed by atoms with Crippen LogP contribution in [0.4, 0.5) is 14.9 Å². The van der Waals surface area contributed by atoms with Crippen molar-refractivity contribution >= 4 is 52.2 Å². The van der Waals surface area contributed by atoms with Gasteiger partial charge in [-0.25, -0.2) is 14.1 Å². The summed E-state index contributed by atoms with van der Waals surface area (Å²) in [6, 6.07) is 18.0. The lowest BCUT2D eigenvalue weighted by molar-refractivity contribution is -0.127. The summed E-state index contributed by atoms with van der Waals surface area (Å²) in [5.41, 5.74) is 3.08. The molecule has 178 valence electrons. The first-order valence-corrected chi connectivity index (χ1v) is 11.7. The quantitative estimate of drug-likeness (QED) is 0.236. The Morgan fingerprint density at radius 1 is 1.11 bits per heavy atom. The summed E-state index contributed by atoms with van der Waals surface area (Å²) in [5, 5.41) is 5.19. The molecule has 0 aromatic heterocycles. The lowest BCUT2D eigenvalue weighted by Gasteiger charge is -2.12. The minimum atomic E-state index is -0.662. The third kappa shape index (κ3) is 6.24. The number of ether oxygens (including phenoxy) is 1. The molecule has 0 radical (unpaired) electrons. The predicted octanol–water partition coefficient (Wildman–Crippen LogP) is 4.85. The second-order valence-corrected chi connectivity index (χ2v) is 9.06. The number of rotatable bonds is 7. The number of urea groups is 1. The second-order valence-electron chi connectivity index (χ2n) is 7.90. The highest BCUT2D eigenvalue weighted by Crippen LogP contribution is 2.25. The Balaban J connectivity index is 1.39. The van der Waals surface area contributed by atoms with Gasteiger partial charge in [-0.1, -0.05) is 35.9 Å². The fraction of sp³-hybridized carbons (Fsp3) is 0.115. The number of carbonyl (C=O) groups excluding carboxylic acids is 3. The van der Waals surface area contributed by atoms with E-state index < -0.39 is 24.4 Å². The third-order valence-electron chi connectivity index (χ3n) is 5.15. The Morgan fingerprint density at radius 2 is 1.89 bits per heavy atom. The molecule has 35 heavy (non-hydrogen) atoms. The molecule has 7 nitrogen and oxygen atoms in total. The Morgan fingerprint density at radius 3 is 2.60 bits per heavy atom. The first-order chi connectivity index (χ1) is 16.8. The van der Waals surface area contributed by atoms with Crippen molar-refractivity contribution in [2.45, 2.75) is 13.5 Å². The molecule has 4 amide bonds. The smallest absolute Gasteiger partial charge is 0.329 e. The van der Waals surface area contributed by atoms with Crippen molar-refractivity contribution in [2.75, 3.05) is 11.9 Å². The SMILES string of the molecule is Cc1ccc(NC(=O)CN2C(=O)N/C(=C/c3ccc(OCc4cccc(F)c4)c(I)c3)C2=O)cc1. The number of benzene rings is 3. The van der Waals surface area contributed by atoms with Crippen LogP contribution in [0.25, 0.3) is 6.08 Å². The zero-order chi connectivity index (χ0) is 24.9. The van der Waals surface area contributed by atoms with Crippen LogP contribution in [-0.4, -0.2) is 29.3 Å². The first kappa shape index (κ1) is 24.4. The number of carbonyl (C=O) groups is 3. The average Bonchev–Trinajstić information content (AvgIpc) is 3.07. The lowest BCUT2D eigenvalue weighted by Crippen LogP contribution is -2.38. The number of anilines is 1. The average molecular weight is 585 g/mol. The standard InChI is InChI=1S/C26H21FIN3O4/c1-16-5-8-20(9-6-16)29-24(32)14-31-25(33)22(30-26(31)34)13-17-7-10-23(21(28)12-17)35-15-18-3-2-4-19(27)11-18/h2-13H,14-15H2,1H3,(H,29,32)(H,30,34)/b22-13+. The maximum atomic E-state index is 13.3. The molecule has 0 spiro atoms. The van der Waals surface area contributed by atoms with Gasteiger partial charge in [-0.3, -0.25) is 9.59 Å². The van der Waals surface area contributed by atoms with Gasteiger partial charge in [-0.2, -0.15) is 0 Å². The number of hydrogen-bond donors (Lipinski definition) is 2. The second kappa shape index (κ2) is 10.7. The zero-order valence-corrected chi connectivity index (χ0v) is 20.8. The van der Waals surface area contributed by atoms with Crippen molar-refractivity contribution in [3.63, 3.8) is 0 Å². The monoisotopic (exact) mass is 585 g/mol. The van der Waals surface area contributed by atoms with E-state index in [2.05, 4.69) is 33.2 Å². The summed E-state index contributed by atoms with van der Waals surface area (Å²) in [5.74, 6) is -0.788. The van der Waals surface area contributed by atoms with Crippen LogP contribution in [0.1, 0.15) is 16.7 Å². The number of aryl methyl sites for hydroxylation is 1. The summed E-state index contributed by atoms with van der Waals surface area (Å²) in [4.78, 5) is 38.2. The van der Waals surface area contributed by atoms with E-state index in [1.807, 2.05) is 19.1 Å². The summed E-state index contributed by atoms with van der Waals surface area (Å²) < 4.78 is 19.9. The maximum Gasteiger partial charge on any atom is 0.329 e. The van der Waals surface area contributed by atoms with Crippen LogP contribution in [0, 0.1) is 16.3 Å². The van der Waals surface area contributed by atoms with Gasteiger partial charge in [-0.05, 0) is 83.1 Å². The number of hydrogen-bond acceptors (Lipinski definition) is 4. The van der Waals surface area contributed by atoms with Gasteiger partial charge in [0.05, 0.1) is 3.57 Å². The summed E-state index contributed by atoms with van der Waals surface area (Å²) in [7, 11) is 0. The van der Waals surface area contributed by atoms with E-state index in [9.17, 15) is 18.8 Å². The van der Waals surface area contributed by atoms with Gasteiger partial charge in [0.2, 0.25) is 5.91 Å². The van der Waals surface area contributed by atoms with Gasteiger partial charge in [0.1, 0.15) is 30.4 Å². The molecule has 0 atom stereocenters. The van der Waals surface area contributed by atoms with Crippen LogP contribution in [0.15, 0.2) is 72.4 Å². The molecule has 1 saturated heterocycles. The molecule has 0 bridgehead atoms. The fourth-order valence-corrected chi connectivity index (χ4v) is 4.07. The van der Waals surface area contributed by atoms with Gasteiger partial charge < -0.3 is 15.4 Å². The molecule has 2 N–H and O–H groups in total. The van der Waals surface area contributed by atoms with Crippen LogP contribution >= 0.6 is 22.6 Å². The Bertz CT molecular complexity index is 1320. The highest BCUT2D eigenvalue weighted by Gasteiger charge is 2.34. The van der Waals surface area contributed by atoms with E-state index in [-0.39, 0.29) is 18.1 Å². The van der Waals surface area contributed by atoms with Crippen molar-refractivity contribution in [2.24, 2.45) is 0 Å². The van der Waals surface area contributed by atoms with Crippen LogP contribution in [0.5, 0.6) is 5.75 Å². The largest absolute Gasteiger partial charge is 0.488 e. The van der Waals surface area contributed by atoms with Crippen molar-refractivity contribution in [1.82, 2.24) is 10.2 Å². The molecule has 0 aliphatic carbocycles. The molecule has 3 aromatic rings. The molecule has 9 heteroatoms. The van der Waals surface area contributed by atoms with Gasteiger partial charge >= 0.3 is 6.03 Å². The molecule has 4 rings (SSSR count). The van der Waals surface area contributed by atoms with Crippen molar-refractivity contribution in [3.05, 3.63) is 98.5 Å². The summed E-state index contributed by atoms with van der Waals surface area (Å²) in [6.45, 7) is 1.74. The normalized spacial score (nSPS) is 14.3. The van der Waals surface area contributed by atoms with E-state index in [1.165, 1.54) is 18.2 Å². The summed E-state index contributed by atoms with van der Waals surface area (Å²) in [6.07, 6.45) is 1.54. The van der Waals surface area contributed by atoms with E-state index in [0.29, 0.717) is 22.6 Å². The molecule has 1 aliphatic heterocycles. The van der Waals surface area contributed by atoms with Gasteiger partial charge in [0.15, 0.2) is 0 Å². The Labute approximate surface area is 215 Å². The minimum absolute atomic E-state index is 0.0716. The van der Waals surface area contributed by atoms with Crippen LogP contribution in [0.2, 0.25) is 0 Å². The Kier molecular flexibility index (Phi) is 7.45. The van der Waals surface area contributed by atoms with Crippen molar-refractivity contribution in [1.29, 1.82) is 0 Å². The van der Waals surface area contributed by atoms with Crippen LogP contribution in [0.3, 0.4) is 0 Å². The highest BCUT2D eigenvalue weighted by atomic mass is 127. The maximum absolute atomic E-state index is 13.3. The molecular weight excluding hydrogens is 564 g/mol. The Hall–Kier alpha value is -3.73. The molecule has 1 fully saturated rings. The molecule has 0 unspecified atom stereocenters. The molecule has 1 heterocycles. The molecule has 0 saturated carbocycles. The van der Waals surface area contributed by atoms with E-state index >= 15 is 0 Å². The molecule has 1 aliphatic rings. The summed E-state index contributed by atoms with van der Waals surface area (Å²) >= 11 is 2.10. The third-order valence-corrected chi connectivity index (χ3v) is 5.99. The minimum Gasteiger partial charge on any atom is -0.488 e. The zero-order valence-electron chi connectivity index (χ0n) is 18.7. The van der Waals surface area contributed by atoms with Gasteiger partial charge in [0.25, 0.3) is 5.91 Å². The topological polar surface area (TPSA) is 87.7 Å². The fourth-order valence-electron chi connectivity index (χ4n) is 3.37. The first-order valence-electron chi connectivity index (χ1n) is 10.7. The van der Waals surface area contributed by atoms with Crippen LogP contribution in [-0.2, 0) is 16.2 Å². The van der Waals surface area contributed by atoms with E-state index in [0.717, 1.165) is 14.0 Å². The van der Waals surface area contributed by atoms with Gasteiger partial charge in [-0.15, -0.1) is 0 Å². The number of halogens is 2. The van der Waals surface area contributed by atoms with Crippen LogP contribution < -0.4 is 15.4 Å². The molecule has 3 aromatic carbocycles. The van der Waals surface area contributed by atoms with Gasteiger partial charge in [0, 0.05) is 5.69 Å². The number of nitrogens with one attached hydrogen (secondary N) is 2. The lowest BCUT2D eigenvalue weighted by atomic mass is 10.2. The van der Waals surface area contributed by atoms with E-state index in [4.69, 9.17) is 4.74 Å². The van der Waals surface area contributed by atoms with Crippen molar-refractivity contribution < 1.29 is 23.5 Å². The molecular formula is C26H21FIN3O4.